The second-order valence-electron chi connectivity index (χ2n) is 6.14. The molecule has 0 amide bonds. The van der Waals surface area contributed by atoms with Crippen molar-refractivity contribution >= 4 is 0 Å². The van der Waals surface area contributed by atoms with Crippen molar-refractivity contribution in [2.24, 2.45) is 0 Å². The van der Waals surface area contributed by atoms with Crippen molar-refractivity contribution in [1.82, 2.24) is 0 Å². The van der Waals surface area contributed by atoms with Crippen LogP contribution in [0.25, 0.3) is 0 Å². The molecule has 0 saturated carbocycles. The van der Waals surface area contributed by atoms with E-state index in [1.807, 2.05) is 0 Å². The maximum atomic E-state index is 6.19. The summed E-state index contributed by atoms with van der Waals surface area (Å²) in [6, 6.07) is 17.5. The number of benzene rings is 2. The average molecular weight is 276 g/mol. The second kappa shape index (κ2) is 5.07. The van der Waals surface area contributed by atoms with Gasteiger partial charge in [0.1, 0.15) is 11.5 Å². The van der Waals surface area contributed by atoms with Crippen molar-refractivity contribution < 1.29 is 4.74 Å². The summed E-state index contributed by atoms with van der Waals surface area (Å²) in [5.41, 5.74) is 5.54. The van der Waals surface area contributed by atoms with Crippen LogP contribution in [-0.4, -0.2) is 0 Å². The summed E-state index contributed by atoms with van der Waals surface area (Å²) < 4.78 is 6.19. The third kappa shape index (κ3) is 2.17. The molecule has 2 aromatic carbocycles. The van der Waals surface area contributed by atoms with Gasteiger partial charge in [0.05, 0.1) is 0 Å². The van der Waals surface area contributed by atoms with Crippen molar-refractivity contribution in [3.8, 4) is 5.75 Å². The van der Waals surface area contributed by atoms with Gasteiger partial charge in [-0.25, -0.2) is 0 Å². The van der Waals surface area contributed by atoms with E-state index in [9.17, 15) is 0 Å². The molecule has 1 heterocycles. The van der Waals surface area contributed by atoms with Gasteiger partial charge in [0.2, 0.25) is 0 Å². The molecule has 1 atom stereocenters. The first-order valence-electron chi connectivity index (χ1n) is 7.88. The van der Waals surface area contributed by atoms with Crippen LogP contribution < -0.4 is 4.74 Å². The molecule has 0 fully saturated rings. The molecule has 0 bridgehead atoms. The van der Waals surface area contributed by atoms with Gasteiger partial charge >= 0.3 is 0 Å². The Morgan fingerprint density at radius 3 is 2.52 bits per heavy atom. The zero-order chi connectivity index (χ0) is 14.2. The Bertz CT molecular complexity index is 694. The van der Waals surface area contributed by atoms with Gasteiger partial charge in [0, 0.05) is 17.9 Å². The first kappa shape index (κ1) is 12.7. The zero-order valence-corrected chi connectivity index (χ0v) is 12.4. The van der Waals surface area contributed by atoms with E-state index in [-0.39, 0.29) is 0 Å². The van der Waals surface area contributed by atoms with E-state index in [2.05, 4.69) is 55.5 Å². The maximum absolute atomic E-state index is 6.19. The lowest BCUT2D eigenvalue weighted by Crippen LogP contribution is -2.19. The van der Waals surface area contributed by atoms with E-state index in [1.165, 1.54) is 47.3 Å². The van der Waals surface area contributed by atoms with Crippen LogP contribution in [0.5, 0.6) is 5.75 Å². The molecule has 106 valence electrons. The summed E-state index contributed by atoms with van der Waals surface area (Å²) in [6.45, 7) is 2.15. The zero-order valence-electron chi connectivity index (χ0n) is 12.4. The smallest absolute Gasteiger partial charge is 0.131 e. The van der Waals surface area contributed by atoms with Crippen LogP contribution in [0.1, 0.15) is 48.3 Å². The van der Waals surface area contributed by atoms with Crippen molar-refractivity contribution in [1.29, 1.82) is 0 Å². The topological polar surface area (TPSA) is 9.23 Å². The Morgan fingerprint density at radius 2 is 1.67 bits per heavy atom. The predicted octanol–water partition coefficient (Wildman–Crippen LogP) is 5.35. The van der Waals surface area contributed by atoms with Crippen LogP contribution in [0.15, 0.2) is 59.9 Å². The molecule has 0 saturated heterocycles. The number of aryl methyl sites for hydroxylation is 1. The van der Waals surface area contributed by atoms with E-state index in [1.54, 1.807) is 0 Å². The number of rotatable bonds is 1. The Hall–Kier alpha value is -2.02. The first-order chi connectivity index (χ1) is 10.3. The molecule has 0 N–H and O–H groups in total. The van der Waals surface area contributed by atoms with E-state index in [0.717, 1.165) is 12.2 Å². The molecular formula is C20H20O. The number of hydrogen-bond donors (Lipinski definition) is 0. The lowest BCUT2D eigenvalue weighted by molar-refractivity contribution is 0.350. The van der Waals surface area contributed by atoms with Crippen LogP contribution in [-0.2, 0) is 0 Å². The number of allylic oxidation sites excluding steroid dienone is 2. The maximum Gasteiger partial charge on any atom is 0.131 e. The quantitative estimate of drug-likeness (QED) is 0.682. The van der Waals surface area contributed by atoms with E-state index in [0.29, 0.717) is 5.92 Å². The molecule has 2 aromatic rings. The third-order valence-corrected chi connectivity index (χ3v) is 4.68. The molecule has 4 rings (SSSR count). The summed E-state index contributed by atoms with van der Waals surface area (Å²) in [5, 5.41) is 0. The average Bonchev–Trinajstić information content (AvgIpc) is 2.53. The highest BCUT2D eigenvalue weighted by Crippen LogP contribution is 2.47. The van der Waals surface area contributed by atoms with Crippen molar-refractivity contribution in [3.05, 3.63) is 76.6 Å². The van der Waals surface area contributed by atoms with Gasteiger partial charge in [0.25, 0.3) is 0 Å². The first-order valence-corrected chi connectivity index (χ1v) is 7.88. The molecule has 1 aliphatic heterocycles. The SMILES string of the molecule is Cc1ccc([C@H]2C3=C(CCCC3)Oc3ccccc32)cc1. The highest BCUT2D eigenvalue weighted by atomic mass is 16.5. The molecule has 1 aliphatic carbocycles. The Balaban J connectivity index is 1.88. The molecule has 0 unspecified atom stereocenters. The molecule has 1 heteroatoms. The minimum absolute atomic E-state index is 0.380. The van der Waals surface area contributed by atoms with Gasteiger partial charge in [-0.15, -0.1) is 0 Å². The summed E-state index contributed by atoms with van der Waals surface area (Å²) in [6.07, 6.45) is 4.79. The molecule has 0 radical (unpaired) electrons. The lowest BCUT2D eigenvalue weighted by atomic mass is 9.77. The highest BCUT2D eigenvalue weighted by molar-refractivity contribution is 5.52. The minimum atomic E-state index is 0.380. The van der Waals surface area contributed by atoms with Crippen LogP contribution in [0, 0.1) is 6.92 Å². The van der Waals surface area contributed by atoms with Crippen molar-refractivity contribution in [3.63, 3.8) is 0 Å². The standard InChI is InChI=1S/C20H20O/c1-14-10-12-15(13-11-14)20-16-6-2-4-8-18(16)21-19-9-5-3-7-17(19)20/h2,4,6,8,10-13,20H,3,5,7,9H2,1H3/t20-/m1/s1. The number of fused-ring (bicyclic) bond motifs is 1. The van der Waals surface area contributed by atoms with E-state index in [4.69, 9.17) is 4.74 Å². The van der Waals surface area contributed by atoms with Crippen LogP contribution in [0.2, 0.25) is 0 Å². The Morgan fingerprint density at radius 1 is 0.905 bits per heavy atom. The molecule has 0 spiro atoms. The summed E-state index contributed by atoms with van der Waals surface area (Å²) in [5.74, 6) is 2.65. The summed E-state index contributed by atoms with van der Waals surface area (Å²) >= 11 is 0. The number of para-hydroxylation sites is 1. The largest absolute Gasteiger partial charge is 0.461 e. The number of hydrogen-bond acceptors (Lipinski definition) is 1. The molecule has 21 heavy (non-hydrogen) atoms. The molecule has 0 aromatic heterocycles. The molecular weight excluding hydrogens is 256 g/mol. The van der Waals surface area contributed by atoms with Gasteiger partial charge in [-0.2, -0.15) is 0 Å². The van der Waals surface area contributed by atoms with Gasteiger partial charge < -0.3 is 4.74 Å². The van der Waals surface area contributed by atoms with Crippen molar-refractivity contribution in [2.45, 2.75) is 38.5 Å². The van der Waals surface area contributed by atoms with Gasteiger partial charge in [-0.05, 0) is 43.4 Å². The third-order valence-electron chi connectivity index (χ3n) is 4.68. The van der Waals surface area contributed by atoms with Gasteiger partial charge in [-0.3, -0.25) is 0 Å². The van der Waals surface area contributed by atoms with Gasteiger partial charge in [-0.1, -0.05) is 48.0 Å². The van der Waals surface area contributed by atoms with E-state index < -0.39 is 0 Å². The molecule has 1 nitrogen and oxygen atoms in total. The fraction of sp³-hybridized carbons (Fsp3) is 0.300. The van der Waals surface area contributed by atoms with Crippen molar-refractivity contribution in [2.75, 3.05) is 0 Å². The summed E-state index contributed by atoms with van der Waals surface area (Å²) in [4.78, 5) is 0. The Kier molecular flexibility index (Phi) is 3.07. The normalized spacial score (nSPS) is 20.5. The summed E-state index contributed by atoms with van der Waals surface area (Å²) in [7, 11) is 0. The fourth-order valence-electron chi connectivity index (χ4n) is 3.59. The van der Waals surface area contributed by atoms with Crippen LogP contribution >= 0.6 is 0 Å². The minimum Gasteiger partial charge on any atom is -0.461 e. The highest BCUT2D eigenvalue weighted by Gasteiger charge is 2.31. The van der Waals surface area contributed by atoms with Crippen LogP contribution in [0.3, 0.4) is 0 Å². The van der Waals surface area contributed by atoms with Crippen LogP contribution in [0.4, 0.5) is 0 Å². The lowest BCUT2D eigenvalue weighted by Gasteiger charge is -2.33. The fourth-order valence-corrected chi connectivity index (χ4v) is 3.59. The van der Waals surface area contributed by atoms with E-state index >= 15 is 0 Å². The second-order valence-corrected chi connectivity index (χ2v) is 6.14. The number of ether oxygens (including phenoxy) is 1. The van der Waals surface area contributed by atoms with Gasteiger partial charge in [0.15, 0.2) is 0 Å². The molecule has 2 aliphatic rings. The Labute approximate surface area is 126 Å². The monoisotopic (exact) mass is 276 g/mol. The predicted molar refractivity (Wildman–Crippen MR) is 85.6 cm³/mol.